The lowest BCUT2D eigenvalue weighted by molar-refractivity contribution is -0.122. The molecule has 1 aliphatic rings. The van der Waals surface area contributed by atoms with Gasteiger partial charge in [0.2, 0.25) is 17.6 Å². The summed E-state index contributed by atoms with van der Waals surface area (Å²) in [5.74, 6) is 0.957. The number of rotatable bonds is 5. The molecule has 3 rings (SSSR count). The van der Waals surface area contributed by atoms with Crippen LogP contribution in [0.2, 0.25) is 0 Å². The quantitative estimate of drug-likeness (QED) is 0.870. The van der Waals surface area contributed by atoms with Crippen molar-refractivity contribution in [2.45, 2.75) is 44.7 Å². The van der Waals surface area contributed by atoms with Crippen LogP contribution in [-0.2, 0) is 11.2 Å². The molecule has 2 aromatic heterocycles. The number of carbonyl (C=O) groups excluding carboxylic acids is 1. The minimum Gasteiger partial charge on any atom is -0.472 e. The molecule has 7 nitrogen and oxygen atoms in total. The van der Waals surface area contributed by atoms with E-state index in [4.69, 9.17) is 8.94 Å². The van der Waals surface area contributed by atoms with E-state index in [1.54, 1.807) is 18.6 Å². The second-order valence-corrected chi connectivity index (χ2v) is 5.58. The SMILES string of the molecule is CC1NCCCC1NC(=O)CCc1nc(-c2ccoc2)no1. The number of piperidine rings is 1. The van der Waals surface area contributed by atoms with Crippen molar-refractivity contribution >= 4 is 5.91 Å². The highest BCUT2D eigenvalue weighted by atomic mass is 16.5. The molecule has 0 spiro atoms. The van der Waals surface area contributed by atoms with E-state index in [1.165, 1.54) is 0 Å². The van der Waals surface area contributed by atoms with Crippen LogP contribution < -0.4 is 10.6 Å². The summed E-state index contributed by atoms with van der Waals surface area (Å²) in [4.78, 5) is 16.3. The summed E-state index contributed by atoms with van der Waals surface area (Å²) < 4.78 is 10.1. The Hall–Kier alpha value is -2.15. The predicted octanol–water partition coefficient (Wildman–Crippen LogP) is 1.52. The average molecular weight is 304 g/mol. The van der Waals surface area contributed by atoms with Crippen LogP contribution in [0.4, 0.5) is 0 Å². The summed E-state index contributed by atoms with van der Waals surface area (Å²) in [6.45, 7) is 3.12. The van der Waals surface area contributed by atoms with Gasteiger partial charge in [0.25, 0.3) is 0 Å². The van der Waals surface area contributed by atoms with Crippen LogP contribution in [0.15, 0.2) is 27.5 Å². The Balaban J connectivity index is 1.49. The Kier molecular flexibility index (Phi) is 4.53. The minimum absolute atomic E-state index is 0.0172. The second kappa shape index (κ2) is 6.74. The van der Waals surface area contributed by atoms with E-state index in [2.05, 4.69) is 27.7 Å². The standard InChI is InChI=1S/C15H20N4O3/c1-10-12(3-2-7-16-10)17-13(20)4-5-14-18-15(19-22-14)11-6-8-21-9-11/h6,8-10,12,16H,2-5,7H2,1H3,(H,17,20). The van der Waals surface area contributed by atoms with Crippen molar-refractivity contribution < 1.29 is 13.7 Å². The molecular formula is C15H20N4O3. The maximum absolute atomic E-state index is 12.0. The second-order valence-electron chi connectivity index (χ2n) is 5.58. The van der Waals surface area contributed by atoms with Crippen molar-refractivity contribution in [1.82, 2.24) is 20.8 Å². The zero-order chi connectivity index (χ0) is 15.4. The fourth-order valence-electron chi connectivity index (χ4n) is 2.61. The van der Waals surface area contributed by atoms with Gasteiger partial charge in [-0.25, -0.2) is 0 Å². The van der Waals surface area contributed by atoms with Crippen LogP contribution in [0.25, 0.3) is 11.4 Å². The molecule has 0 aliphatic carbocycles. The van der Waals surface area contributed by atoms with E-state index in [0.717, 1.165) is 24.9 Å². The first-order valence-corrected chi connectivity index (χ1v) is 7.60. The monoisotopic (exact) mass is 304 g/mol. The van der Waals surface area contributed by atoms with E-state index in [9.17, 15) is 4.79 Å². The summed E-state index contributed by atoms with van der Waals surface area (Å²) >= 11 is 0. The Bertz CT molecular complexity index is 608. The molecule has 2 aromatic rings. The molecule has 1 amide bonds. The van der Waals surface area contributed by atoms with Crippen LogP contribution in [0.5, 0.6) is 0 Å². The predicted molar refractivity (Wildman–Crippen MR) is 79.0 cm³/mol. The number of furan rings is 1. The van der Waals surface area contributed by atoms with Crippen LogP contribution in [0.1, 0.15) is 32.1 Å². The van der Waals surface area contributed by atoms with Gasteiger partial charge in [-0.3, -0.25) is 4.79 Å². The van der Waals surface area contributed by atoms with Crippen molar-refractivity contribution in [2.75, 3.05) is 6.54 Å². The highest BCUT2D eigenvalue weighted by Gasteiger charge is 2.22. The van der Waals surface area contributed by atoms with E-state index < -0.39 is 0 Å². The third kappa shape index (κ3) is 3.54. The lowest BCUT2D eigenvalue weighted by Crippen LogP contribution is -2.51. The van der Waals surface area contributed by atoms with Crippen LogP contribution in [-0.4, -0.2) is 34.7 Å². The molecule has 0 bridgehead atoms. The summed E-state index contributed by atoms with van der Waals surface area (Å²) in [5.41, 5.74) is 0.765. The molecule has 1 saturated heterocycles. The van der Waals surface area contributed by atoms with Gasteiger partial charge in [0, 0.05) is 24.9 Å². The fourth-order valence-corrected chi connectivity index (χ4v) is 2.61. The maximum atomic E-state index is 12.0. The van der Waals surface area contributed by atoms with Gasteiger partial charge in [0.1, 0.15) is 6.26 Å². The molecule has 22 heavy (non-hydrogen) atoms. The van der Waals surface area contributed by atoms with Gasteiger partial charge in [-0.15, -0.1) is 0 Å². The number of hydrogen-bond acceptors (Lipinski definition) is 6. The third-order valence-electron chi connectivity index (χ3n) is 3.92. The number of carbonyl (C=O) groups is 1. The number of aromatic nitrogens is 2. The molecule has 3 heterocycles. The zero-order valence-electron chi connectivity index (χ0n) is 12.5. The topological polar surface area (TPSA) is 93.2 Å². The average Bonchev–Trinajstić information content (AvgIpc) is 3.18. The van der Waals surface area contributed by atoms with E-state index >= 15 is 0 Å². The zero-order valence-corrected chi connectivity index (χ0v) is 12.5. The van der Waals surface area contributed by atoms with E-state index in [0.29, 0.717) is 30.6 Å². The summed E-state index contributed by atoms with van der Waals surface area (Å²) in [5, 5.41) is 10.3. The van der Waals surface area contributed by atoms with Gasteiger partial charge in [-0.05, 0) is 32.4 Å². The number of hydrogen-bond donors (Lipinski definition) is 2. The first-order chi connectivity index (χ1) is 10.7. The van der Waals surface area contributed by atoms with Gasteiger partial charge in [-0.1, -0.05) is 5.16 Å². The highest BCUT2D eigenvalue weighted by molar-refractivity contribution is 5.76. The normalized spacial score (nSPS) is 21.7. The first kappa shape index (κ1) is 14.8. The van der Waals surface area contributed by atoms with Crippen molar-refractivity contribution in [2.24, 2.45) is 0 Å². The number of nitrogens with one attached hydrogen (secondary N) is 2. The summed E-state index contributed by atoms with van der Waals surface area (Å²) in [6, 6.07) is 2.28. The Morgan fingerprint density at radius 1 is 1.55 bits per heavy atom. The number of nitrogens with zero attached hydrogens (tertiary/aromatic N) is 2. The van der Waals surface area contributed by atoms with Gasteiger partial charge >= 0.3 is 0 Å². The Morgan fingerprint density at radius 3 is 3.23 bits per heavy atom. The molecule has 0 radical (unpaired) electrons. The lowest BCUT2D eigenvalue weighted by atomic mass is 10.00. The third-order valence-corrected chi connectivity index (χ3v) is 3.92. The highest BCUT2D eigenvalue weighted by Crippen LogP contribution is 2.16. The molecule has 1 aliphatic heterocycles. The van der Waals surface area contributed by atoms with Crippen LogP contribution in [0, 0.1) is 0 Å². The molecule has 0 aromatic carbocycles. The molecular weight excluding hydrogens is 284 g/mol. The molecule has 7 heteroatoms. The van der Waals surface area contributed by atoms with Gasteiger partial charge in [0.15, 0.2) is 0 Å². The van der Waals surface area contributed by atoms with Crippen molar-refractivity contribution in [1.29, 1.82) is 0 Å². The summed E-state index contributed by atoms with van der Waals surface area (Å²) in [7, 11) is 0. The smallest absolute Gasteiger partial charge is 0.227 e. The Labute approximate surface area is 128 Å². The molecule has 2 atom stereocenters. The summed E-state index contributed by atoms with van der Waals surface area (Å²) in [6.07, 6.45) is 6.00. The lowest BCUT2D eigenvalue weighted by Gasteiger charge is -2.30. The first-order valence-electron chi connectivity index (χ1n) is 7.60. The van der Waals surface area contributed by atoms with E-state index in [1.807, 2.05) is 0 Å². The van der Waals surface area contributed by atoms with Crippen molar-refractivity contribution in [3.63, 3.8) is 0 Å². The molecule has 118 valence electrons. The van der Waals surface area contributed by atoms with Gasteiger partial charge < -0.3 is 19.6 Å². The number of aryl methyl sites for hydroxylation is 1. The van der Waals surface area contributed by atoms with Crippen molar-refractivity contribution in [3.8, 4) is 11.4 Å². The van der Waals surface area contributed by atoms with E-state index in [-0.39, 0.29) is 11.9 Å². The van der Waals surface area contributed by atoms with Gasteiger partial charge in [-0.2, -0.15) is 4.98 Å². The maximum Gasteiger partial charge on any atom is 0.227 e. The van der Waals surface area contributed by atoms with Crippen LogP contribution in [0.3, 0.4) is 0 Å². The molecule has 2 N–H and O–H groups in total. The fraction of sp³-hybridized carbons (Fsp3) is 0.533. The molecule has 2 unspecified atom stereocenters. The largest absolute Gasteiger partial charge is 0.472 e. The number of amides is 1. The minimum atomic E-state index is 0.0172. The van der Waals surface area contributed by atoms with Crippen molar-refractivity contribution in [3.05, 3.63) is 24.5 Å². The molecule has 0 saturated carbocycles. The van der Waals surface area contributed by atoms with Crippen LogP contribution >= 0.6 is 0 Å². The van der Waals surface area contributed by atoms with Gasteiger partial charge in [0.05, 0.1) is 11.8 Å². The molecule has 1 fully saturated rings. The Morgan fingerprint density at radius 2 is 2.45 bits per heavy atom.